The zero-order valence-corrected chi connectivity index (χ0v) is 18.0. The molecule has 0 amide bonds. The number of aromatic nitrogens is 3. The van der Waals surface area contributed by atoms with Gasteiger partial charge in [0.25, 0.3) is 0 Å². The van der Waals surface area contributed by atoms with Gasteiger partial charge in [0.1, 0.15) is 0 Å². The van der Waals surface area contributed by atoms with Crippen LogP contribution in [0.15, 0.2) is 71.6 Å². The second kappa shape index (κ2) is 8.62. The van der Waals surface area contributed by atoms with Crippen molar-refractivity contribution < 1.29 is 0 Å². The summed E-state index contributed by atoms with van der Waals surface area (Å²) in [5.41, 5.74) is 7.36. The molecular formula is C24H26N4S. The fourth-order valence-corrected chi connectivity index (χ4v) is 4.28. The number of rotatable bonds is 6. The van der Waals surface area contributed by atoms with E-state index in [9.17, 15) is 0 Å². The largest absolute Gasteiger partial charge is 0.337 e. The number of benzene rings is 2. The predicted molar refractivity (Wildman–Crippen MR) is 120 cm³/mol. The minimum Gasteiger partial charge on any atom is -0.337 e. The molecule has 0 aliphatic heterocycles. The molecule has 0 aliphatic rings. The zero-order valence-electron chi connectivity index (χ0n) is 17.2. The first-order chi connectivity index (χ1) is 14.1. The minimum absolute atomic E-state index is 0.911. The van der Waals surface area contributed by atoms with Gasteiger partial charge in [-0.05, 0) is 62.1 Å². The van der Waals surface area contributed by atoms with Crippen molar-refractivity contribution in [2.24, 2.45) is 4.99 Å². The topological polar surface area (TPSA) is 35.1 Å². The lowest BCUT2D eigenvalue weighted by molar-refractivity contribution is 0.559. The molecule has 29 heavy (non-hydrogen) atoms. The maximum absolute atomic E-state index is 4.95. The minimum atomic E-state index is 0.911. The van der Waals surface area contributed by atoms with Crippen LogP contribution in [-0.2, 0) is 13.1 Å². The van der Waals surface area contributed by atoms with Crippen molar-refractivity contribution in [2.45, 2.75) is 40.3 Å². The molecule has 0 bridgehead atoms. The molecule has 4 nitrogen and oxygen atoms in total. The maximum Gasteiger partial charge on any atom is 0.190 e. The Morgan fingerprint density at radius 3 is 2.52 bits per heavy atom. The maximum atomic E-state index is 4.95. The van der Waals surface area contributed by atoms with Gasteiger partial charge in [0, 0.05) is 30.9 Å². The van der Waals surface area contributed by atoms with Crippen molar-refractivity contribution in [1.82, 2.24) is 14.1 Å². The first-order valence-electron chi connectivity index (χ1n) is 9.93. The van der Waals surface area contributed by atoms with E-state index in [1.807, 2.05) is 18.7 Å². The number of nitrogens with zero attached hydrogens (tertiary/aromatic N) is 4. The number of thiazole rings is 1. The van der Waals surface area contributed by atoms with E-state index in [1.54, 1.807) is 11.3 Å². The third-order valence-corrected chi connectivity index (χ3v) is 6.08. The van der Waals surface area contributed by atoms with Crippen molar-refractivity contribution in [2.75, 3.05) is 0 Å². The molecule has 0 N–H and O–H groups in total. The summed E-state index contributed by atoms with van der Waals surface area (Å²) in [6, 6.07) is 15.1. The van der Waals surface area contributed by atoms with E-state index in [1.165, 1.54) is 27.9 Å². The van der Waals surface area contributed by atoms with Gasteiger partial charge in [-0.3, -0.25) is 0 Å². The van der Waals surface area contributed by atoms with Gasteiger partial charge in [-0.15, -0.1) is 11.3 Å². The van der Waals surface area contributed by atoms with Crippen LogP contribution in [0.5, 0.6) is 0 Å². The highest BCUT2D eigenvalue weighted by Crippen LogP contribution is 2.24. The van der Waals surface area contributed by atoms with Gasteiger partial charge >= 0.3 is 0 Å². The highest BCUT2D eigenvalue weighted by molar-refractivity contribution is 7.07. The standard InChI is InChI=1S/C24H26N4S/c1-18-5-9-22(10-6-18)26-24-28(13-4-12-27-14-11-25-17-27)23(16-29-24)21-8-7-19(2)20(3)15-21/h5-11,14-17H,4,12-13H2,1-3H3. The molecule has 0 fully saturated rings. The van der Waals surface area contributed by atoms with E-state index in [4.69, 9.17) is 4.99 Å². The third-order valence-electron chi connectivity index (χ3n) is 5.22. The van der Waals surface area contributed by atoms with Crippen molar-refractivity contribution >= 4 is 17.0 Å². The second-order valence-corrected chi connectivity index (χ2v) is 8.29. The molecule has 0 radical (unpaired) electrons. The van der Waals surface area contributed by atoms with Crippen LogP contribution in [0, 0.1) is 20.8 Å². The van der Waals surface area contributed by atoms with E-state index in [0.717, 1.165) is 30.0 Å². The van der Waals surface area contributed by atoms with Gasteiger partial charge < -0.3 is 9.13 Å². The first-order valence-corrected chi connectivity index (χ1v) is 10.8. The molecular weight excluding hydrogens is 376 g/mol. The number of imidazole rings is 1. The monoisotopic (exact) mass is 402 g/mol. The first kappa shape index (κ1) is 19.4. The average Bonchev–Trinajstić information content (AvgIpc) is 3.37. The number of hydrogen-bond acceptors (Lipinski definition) is 3. The summed E-state index contributed by atoms with van der Waals surface area (Å²) in [5.74, 6) is 0. The van der Waals surface area contributed by atoms with Crippen LogP contribution in [0.3, 0.4) is 0 Å². The summed E-state index contributed by atoms with van der Waals surface area (Å²) in [6.45, 7) is 8.28. The summed E-state index contributed by atoms with van der Waals surface area (Å²) in [4.78, 5) is 10.1. The van der Waals surface area contributed by atoms with Gasteiger partial charge in [0.15, 0.2) is 4.80 Å². The summed E-state index contributed by atoms with van der Waals surface area (Å²) in [5, 5.41) is 2.23. The Morgan fingerprint density at radius 2 is 1.79 bits per heavy atom. The van der Waals surface area contributed by atoms with Crippen molar-refractivity contribution in [3.63, 3.8) is 0 Å². The molecule has 2 heterocycles. The Balaban J connectivity index is 1.71. The lowest BCUT2D eigenvalue weighted by Crippen LogP contribution is -2.17. The fraction of sp³-hybridized carbons (Fsp3) is 0.250. The van der Waals surface area contributed by atoms with E-state index in [0.29, 0.717) is 0 Å². The summed E-state index contributed by atoms with van der Waals surface area (Å²) in [6.07, 6.45) is 6.74. The lowest BCUT2D eigenvalue weighted by Gasteiger charge is -2.11. The van der Waals surface area contributed by atoms with Crippen LogP contribution in [-0.4, -0.2) is 14.1 Å². The van der Waals surface area contributed by atoms with Gasteiger partial charge in [-0.1, -0.05) is 29.8 Å². The molecule has 0 saturated carbocycles. The Labute approximate surface area is 175 Å². The van der Waals surface area contributed by atoms with Crippen LogP contribution in [0.2, 0.25) is 0 Å². The molecule has 0 spiro atoms. The quantitative estimate of drug-likeness (QED) is 0.410. The Kier molecular flexibility index (Phi) is 5.76. The molecule has 0 aliphatic carbocycles. The molecule has 5 heteroatoms. The molecule has 148 valence electrons. The molecule has 0 saturated heterocycles. The molecule has 4 aromatic rings. The fourth-order valence-electron chi connectivity index (χ4n) is 3.33. The molecule has 2 aromatic carbocycles. The van der Waals surface area contributed by atoms with E-state index in [2.05, 4.69) is 82.7 Å². The van der Waals surface area contributed by atoms with E-state index in [-0.39, 0.29) is 0 Å². The van der Waals surface area contributed by atoms with Crippen molar-refractivity contribution in [1.29, 1.82) is 0 Å². The van der Waals surface area contributed by atoms with Crippen molar-refractivity contribution in [3.05, 3.63) is 88.1 Å². The van der Waals surface area contributed by atoms with E-state index >= 15 is 0 Å². The third kappa shape index (κ3) is 4.57. The van der Waals surface area contributed by atoms with Gasteiger partial charge in [-0.2, -0.15) is 0 Å². The second-order valence-electron chi connectivity index (χ2n) is 7.46. The number of aryl methyl sites for hydroxylation is 4. The molecule has 0 atom stereocenters. The Bertz CT molecular complexity index is 1150. The van der Waals surface area contributed by atoms with Gasteiger partial charge in [0.2, 0.25) is 0 Å². The molecule has 0 unspecified atom stereocenters. The zero-order chi connectivity index (χ0) is 20.2. The highest BCUT2D eigenvalue weighted by Gasteiger charge is 2.09. The summed E-state index contributed by atoms with van der Waals surface area (Å²) >= 11 is 1.71. The van der Waals surface area contributed by atoms with Gasteiger partial charge in [0.05, 0.1) is 17.7 Å². The highest BCUT2D eigenvalue weighted by atomic mass is 32.1. The smallest absolute Gasteiger partial charge is 0.190 e. The molecule has 2 aromatic heterocycles. The normalized spacial score (nSPS) is 11.9. The van der Waals surface area contributed by atoms with Crippen LogP contribution in [0.25, 0.3) is 11.3 Å². The van der Waals surface area contributed by atoms with Crippen LogP contribution < -0.4 is 4.80 Å². The number of hydrogen-bond donors (Lipinski definition) is 0. The lowest BCUT2D eigenvalue weighted by atomic mass is 10.0. The summed E-state index contributed by atoms with van der Waals surface area (Å²) in [7, 11) is 0. The van der Waals surface area contributed by atoms with E-state index < -0.39 is 0 Å². The Morgan fingerprint density at radius 1 is 0.966 bits per heavy atom. The SMILES string of the molecule is Cc1ccc(N=c2scc(-c3ccc(C)c(C)c3)n2CCCn2ccnc2)cc1. The average molecular weight is 403 g/mol. The van der Waals surface area contributed by atoms with Crippen molar-refractivity contribution in [3.8, 4) is 11.3 Å². The van der Waals surface area contributed by atoms with Crippen LogP contribution in [0.4, 0.5) is 5.69 Å². The van der Waals surface area contributed by atoms with Crippen LogP contribution in [0.1, 0.15) is 23.1 Å². The van der Waals surface area contributed by atoms with Gasteiger partial charge in [-0.25, -0.2) is 9.98 Å². The molecule has 4 rings (SSSR count). The summed E-state index contributed by atoms with van der Waals surface area (Å²) < 4.78 is 4.48. The predicted octanol–water partition coefficient (Wildman–Crippen LogP) is 5.66. The Hall–Kier alpha value is -2.92. The van der Waals surface area contributed by atoms with Crippen LogP contribution >= 0.6 is 11.3 Å².